The van der Waals surface area contributed by atoms with E-state index in [1.807, 2.05) is 12.2 Å². The number of rotatable bonds is 7. The summed E-state index contributed by atoms with van der Waals surface area (Å²) in [5.41, 5.74) is 3.27. The predicted octanol–water partition coefficient (Wildman–Crippen LogP) is 4.62. The number of hydrogen-bond acceptors (Lipinski definition) is 3. The minimum atomic E-state index is -3.36. The normalized spacial score (nSPS) is 11.6. The number of nitrogens with zero attached hydrogens (tertiary/aromatic N) is 1. The van der Waals surface area contributed by atoms with Gasteiger partial charge in [0.1, 0.15) is 0 Å². The molecule has 3 nitrogen and oxygen atoms in total. The van der Waals surface area contributed by atoms with E-state index in [2.05, 4.69) is 49.6 Å². The quantitative estimate of drug-likeness (QED) is 0.690. The van der Waals surface area contributed by atoms with Gasteiger partial charge < -0.3 is 4.90 Å². The summed E-state index contributed by atoms with van der Waals surface area (Å²) in [6, 6.07) is 15.2. The lowest BCUT2D eigenvalue weighted by molar-refractivity contribution is 0.604. The smallest absolute Gasteiger partial charge is 0.199 e. The molecule has 0 saturated carbocycles. The highest BCUT2D eigenvalue weighted by Crippen LogP contribution is 2.18. The lowest BCUT2D eigenvalue weighted by Gasteiger charge is -2.20. The fourth-order valence-electron chi connectivity index (χ4n) is 2.44. The third-order valence-corrected chi connectivity index (χ3v) is 5.29. The molecule has 126 valence electrons. The highest BCUT2D eigenvalue weighted by Gasteiger charge is 2.07. The summed E-state index contributed by atoms with van der Waals surface area (Å²) in [5.74, 6) is 0. The number of anilines is 1. The molecule has 0 atom stereocenters. The Kier molecular flexibility index (Phi) is 5.99. The minimum Gasteiger partial charge on any atom is -0.372 e. The maximum Gasteiger partial charge on any atom is 0.199 e. The van der Waals surface area contributed by atoms with Crippen LogP contribution >= 0.6 is 0 Å². The SMILES string of the molecule is C=CS(=O)(=O)c1ccc(/C=C/c2ccc(N(CC)CC)cc2)cc1. The fraction of sp³-hybridized carbons (Fsp3) is 0.200. The summed E-state index contributed by atoms with van der Waals surface area (Å²) >= 11 is 0. The van der Waals surface area contributed by atoms with E-state index in [1.165, 1.54) is 5.69 Å². The average molecular weight is 341 g/mol. The molecule has 0 aliphatic heterocycles. The van der Waals surface area contributed by atoms with Crippen molar-refractivity contribution in [1.29, 1.82) is 0 Å². The standard InChI is InChI=1S/C20H23NO2S/c1-4-21(5-2)19-13-9-17(10-14-19)7-8-18-11-15-20(16-12-18)24(22,23)6-3/h6-16H,3-5H2,1-2H3/b8-7+. The van der Waals surface area contributed by atoms with Gasteiger partial charge in [-0.05, 0) is 49.2 Å². The van der Waals surface area contributed by atoms with Gasteiger partial charge in [0.15, 0.2) is 9.84 Å². The Morgan fingerprint density at radius 1 is 0.875 bits per heavy atom. The lowest BCUT2D eigenvalue weighted by Crippen LogP contribution is -2.21. The molecule has 24 heavy (non-hydrogen) atoms. The second kappa shape index (κ2) is 7.97. The Morgan fingerprint density at radius 3 is 1.75 bits per heavy atom. The maximum atomic E-state index is 11.7. The Morgan fingerprint density at radius 2 is 1.33 bits per heavy atom. The van der Waals surface area contributed by atoms with Crippen molar-refractivity contribution in [2.75, 3.05) is 18.0 Å². The van der Waals surface area contributed by atoms with Gasteiger partial charge in [-0.15, -0.1) is 0 Å². The van der Waals surface area contributed by atoms with Crippen LogP contribution in [0.5, 0.6) is 0 Å². The second-order valence-electron chi connectivity index (χ2n) is 5.38. The molecule has 0 fully saturated rings. The van der Waals surface area contributed by atoms with Gasteiger partial charge in [-0.1, -0.05) is 43.0 Å². The van der Waals surface area contributed by atoms with Crippen molar-refractivity contribution in [2.24, 2.45) is 0 Å². The van der Waals surface area contributed by atoms with Crippen molar-refractivity contribution in [2.45, 2.75) is 18.7 Å². The van der Waals surface area contributed by atoms with E-state index >= 15 is 0 Å². The van der Waals surface area contributed by atoms with Crippen molar-refractivity contribution in [3.8, 4) is 0 Å². The summed E-state index contributed by atoms with van der Waals surface area (Å²) in [6.07, 6.45) is 3.99. The Bertz CT molecular complexity index is 800. The zero-order chi connectivity index (χ0) is 17.6. The third kappa shape index (κ3) is 4.36. The van der Waals surface area contributed by atoms with Gasteiger partial charge in [-0.3, -0.25) is 0 Å². The van der Waals surface area contributed by atoms with E-state index in [9.17, 15) is 8.42 Å². The zero-order valence-corrected chi connectivity index (χ0v) is 15.0. The van der Waals surface area contributed by atoms with E-state index in [1.54, 1.807) is 24.3 Å². The van der Waals surface area contributed by atoms with Crippen molar-refractivity contribution in [1.82, 2.24) is 0 Å². The average Bonchev–Trinajstić information content (AvgIpc) is 2.62. The molecule has 0 aliphatic rings. The summed E-state index contributed by atoms with van der Waals surface area (Å²) in [6.45, 7) is 9.61. The van der Waals surface area contributed by atoms with Gasteiger partial charge >= 0.3 is 0 Å². The van der Waals surface area contributed by atoms with Crippen LogP contribution in [-0.2, 0) is 9.84 Å². The Hall–Kier alpha value is -2.33. The largest absolute Gasteiger partial charge is 0.372 e. The summed E-state index contributed by atoms with van der Waals surface area (Å²) in [7, 11) is -3.36. The number of benzene rings is 2. The van der Waals surface area contributed by atoms with Crippen molar-refractivity contribution in [3.63, 3.8) is 0 Å². The molecule has 0 bridgehead atoms. The molecule has 0 spiro atoms. The van der Waals surface area contributed by atoms with Crippen molar-refractivity contribution >= 4 is 27.7 Å². The first-order chi connectivity index (χ1) is 11.5. The van der Waals surface area contributed by atoms with Crippen LogP contribution in [0.4, 0.5) is 5.69 Å². The summed E-state index contributed by atoms with van der Waals surface area (Å²) in [4.78, 5) is 2.56. The Labute approximate surface area is 144 Å². The molecule has 0 radical (unpaired) electrons. The molecule has 0 amide bonds. The van der Waals surface area contributed by atoms with Crippen LogP contribution in [0.2, 0.25) is 0 Å². The number of hydrogen-bond donors (Lipinski definition) is 0. The summed E-state index contributed by atoms with van der Waals surface area (Å²) < 4.78 is 23.4. The van der Waals surface area contributed by atoms with Gasteiger partial charge in [-0.2, -0.15) is 0 Å². The van der Waals surface area contributed by atoms with E-state index in [0.29, 0.717) is 0 Å². The van der Waals surface area contributed by atoms with Crippen LogP contribution in [0.15, 0.2) is 65.4 Å². The first-order valence-corrected chi connectivity index (χ1v) is 9.55. The molecule has 0 saturated heterocycles. The minimum absolute atomic E-state index is 0.262. The van der Waals surface area contributed by atoms with Crippen LogP contribution in [-0.4, -0.2) is 21.5 Å². The first kappa shape index (κ1) is 18.0. The number of sulfone groups is 1. The van der Waals surface area contributed by atoms with Gasteiger partial charge in [0.25, 0.3) is 0 Å². The first-order valence-electron chi connectivity index (χ1n) is 8.01. The monoisotopic (exact) mass is 341 g/mol. The molecule has 2 aromatic carbocycles. The molecular weight excluding hydrogens is 318 g/mol. The van der Waals surface area contributed by atoms with Crippen LogP contribution in [0.3, 0.4) is 0 Å². The zero-order valence-electron chi connectivity index (χ0n) is 14.1. The second-order valence-corrected chi connectivity index (χ2v) is 7.27. The molecule has 0 N–H and O–H groups in total. The van der Waals surface area contributed by atoms with Gasteiger partial charge in [-0.25, -0.2) is 8.42 Å². The van der Waals surface area contributed by atoms with E-state index in [4.69, 9.17) is 0 Å². The van der Waals surface area contributed by atoms with Crippen LogP contribution in [0.25, 0.3) is 12.2 Å². The molecule has 0 aromatic heterocycles. The molecule has 0 heterocycles. The van der Waals surface area contributed by atoms with Crippen LogP contribution in [0, 0.1) is 0 Å². The molecular formula is C20H23NO2S. The fourth-order valence-corrected chi connectivity index (χ4v) is 3.15. The van der Waals surface area contributed by atoms with E-state index < -0.39 is 9.84 Å². The summed E-state index contributed by atoms with van der Waals surface area (Å²) in [5, 5.41) is 0.968. The van der Waals surface area contributed by atoms with Crippen molar-refractivity contribution in [3.05, 3.63) is 71.6 Å². The Balaban J connectivity index is 2.12. The van der Waals surface area contributed by atoms with E-state index in [-0.39, 0.29) is 4.90 Å². The highest BCUT2D eigenvalue weighted by molar-refractivity contribution is 7.94. The maximum absolute atomic E-state index is 11.7. The predicted molar refractivity (Wildman–Crippen MR) is 103 cm³/mol. The van der Waals surface area contributed by atoms with Gasteiger partial charge in [0, 0.05) is 24.2 Å². The molecule has 0 unspecified atom stereocenters. The van der Waals surface area contributed by atoms with Gasteiger partial charge in [0.05, 0.1) is 4.90 Å². The highest BCUT2D eigenvalue weighted by atomic mass is 32.2. The molecule has 2 rings (SSSR count). The molecule has 4 heteroatoms. The third-order valence-electron chi connectivity index (χ3n) is 3.92. The topological polar surface area (TPSA) is 37.4 Å². The van der Waals surface area contributed by atoms with Crippen LogP contribution < -0.4 is 4.90 Å². The molecule has 2 aromatic rings. The van der Waals surface area contributed by atoms with Gasteiger partial charge in [0.2, 0.25) is 0 Å². The van der Waals surface area contributed by atoms with Crippen molar-refractivity contribution < 1.29 is 8.42 Å². The molecule has 0 aliphatic carbocycles. The van der Waals surface area contributed by atoms with E-state index in [0.717, 1.165) is 29.6 Å². The lowest BCUT2D eigenvalue weighted by atomic mass is 10.1. The van der Waals surface area contributed by atoms with Crippen LogP contribution in [0.1, 0.15) is 25.0 Å².